The third kappa shape index (κ3) is 4.02. The molecule has 1 atom stereocenters. The van der Waals surface area contributed by atoms with Gasteiger partial charge in [-0.05, 0) is 32.6 Å². The second-order valence-electron chi connectivity index (χ2n) is 6.32. The molecule has 7 heteroatoms. The fourth-order valence-corrected chi connectivity index (χ4v) is 3.43. The Morgan fingerprint density at radius 1 is 1.30 bits per heavy atom. The van der Waals surface area contributed by atoms with Gasteiger partial charge in [-0.15, -0.1) is 0 Å². The van der Waals surface area contributed by atoms with Gasteiger partial charge in [-0.2, -0.15) is 4.98 Å². The topological polar surface area (TPSA) is 80.5 Å². The molecule has 3 rings (SSSR count). The van der Waals surface area contributed by atoms with Crippen molar-refractivity contribution in [3.05, 3.63) is 11.7 Å². The number of rotatable bonds is 5. The van der Waals surface area contributed by atoms with Crippen LogP contribution in [0.3, 0.4) is 0 Å². The maximum Gasteiger partial charge on any atom is 0.318 e. The number of hydrogen-bond donors (Lipinski definition) is 1. The number of ether oxygens (including phenoxy) is 1. The van der Waals surface area contributed by atoms with Crippen LogP contribution in [0, 0.1) is 0 Å². The zero-order chi connectivity index (χ0) is 16.1. The molecule has 2 fully saturated rings. The third-order valence-corrected chi connectivity index (χ3v) is 4.66. The highest BCUT2D eigenvalue weighted by Crippen LogP contribution is 2.30. The molecule has 1 aliphatic heterocycles. The van der Waals surface area contributed by atoms with Crippen molar-refractivity contribution in [1.82, 2.24) is 20.4 Å². The van der Waals surface area contributed by atoms with Gasteiger partial charge in [0, 0.05) is 19.2 Å². The van der Waals surface area contributed by atoms with Crippen LogP contribution in [0.25, 0.3) is 0 Å². The molecule has 1 aromatic heterocycles. The van der Waals surface area contributed by atoms with E-state index in [0.717, 1.165) is 32.2 Å². The van der Waals surface area contributed by atoms with Gasteiger partial charge in [0.25, 0.3) is 5.89 Å². The Morgan fingerprint density at radius 2 is 2.13 bits per heavy atom. The standard InChI is InChI=1S/C16H26N4O3/c1-2-22-11-14-18-15(19-23-14)13-9-6-10-20(13)16(21)17-12-7-4-3-5-8-12/h12-13H,2-11H2,1H3,(H,17,21). The monoisotopic (exact) mass is 322 g/mol. The highest BCUT2D eigenvalue weighted by Gasteiger charge is 2.34. The van der Waals surface area contributed by atoms with Gasteiger partial charge in [0.2, 0.25) is 0 Å². The number of carbonyl (C=O) groups excluding carboxylic acids is 1. The average molecular weight is 322 g/mol. The minimum absolute atomic E-state index is 0.00978. The van der Waals surface area contributed by atoms with Crippen molar-refractivity contribution in [3.8, 4) is 0 Å². The second-order valence-corrected chi connectivity index (χ2v) is 6.32. The predicted octanol–water partition coefficient (Wildman–Crippen LogP) is 2.79. The second kappa shape index (κ2) is 7.77. The number of carbonyl (C=O) groups is 1. The van der Waals surface area contributed by atoms with Crippen LogP contribution >= 0.6 is 0 Å². The average Bonchev–Trinajstić information content (AvgIpc) is 3.22. The first-order chi connectivity index (χ1) is 11.3. The Balaban J connectivity index is 1.60. The molecule has 0 radical (unpaired) electrons. The van der Waals surface area contributed by atoms with Gasteiger partial charge in [-0.1, -0.05) is 24.4 Å². The first-order valence-corrected chi connectivity index (χ1v) is 8.75. The summed E-state index contributed by atoms with van der Waals surface area (Å²) in [5.41, 5.74) is 0. The molecule has 7 nitrogen and oxygen atoms in total. The molecule has 1 saturated heterocycles. The van der Waals surface area contributed by atoms with E-state index in [2.05, 4.69) is 15.5 Å². The van der Waals surface area contributed by atoms with Gasteiger partial charge in [-0.3, -0.25) is 0 Å². The number of aromatic nitrogens is 2. The molecule has 2 aliphatic rings. The van der Waals surface area contributed by atoms with Gasteiger partial charge in [0.1, 0.15) is 6.61 Å². The molecular formula is C16H26N4O3. The Bertz CT molecular complexity index is 513. The van der Waals surface area contributed by atoms with Crippen LogP contribution in [0.1, 0.15) is 69.6 Å². The highest BCUT2D eigenvalue weighted by molar-refractivity contribution is 5.75. The summed E-state index contributed by atoms with van der Waals surface area (Å²) in [5, 5.41) is 7.22. The Labute approximate surface area is 136 Å². The maximum atomic E-state index is 12.6. The summed E-state index contributed by atoms with van der Waals surface area (Å²) in [6, 6.07) is 0.240. The summed E-state index contributed by atoms with van der Waals surface area (Å²) in [6.07, 6.45) is 7.73. The van der Waals surface area contributed by atoms with Crippen LogP contribution in [0.4, 0.5) is 4.79 Å². The molecule has 1 saturated carbocycles. The van der Waals surface area contributed by atoms with E-state index >= 15 is 0 Å². The normalized spacial score (nSPS) is 22.5. The van der Waals surface area contributed by atoms with Crippen LogP contribution < -0.4 is 5.32 Å². The van der Waals surface area contributed by atoms with Crippen molar-refractivity contribution in [3.63, 3.8) is 0 Å². The quantitative estimate of drug-likeness (QED) is 0.901. The van der Waals surface area contributed by atoms with Crippen molar-refractivity contribution in [2.75, 3.05) is 13.2 Å². The third-order valence-electron chi connectivity index (χ3n) is 4.66. The minimum atomic E-state index is -0.0854. The van der Waals surface area contributed by atoms with Crippen LogP contribution in [-0.2, 0) is 11.3 Å². The van der Waals surface area contributed by atoms with E-state index in [1.807, 2.05) is 11.8 Å². The van der Waals surface area contributed by atoms with Gasteiger partial charge in [-0.25, -0.2) is 4.79 Å². The molecule has 1 aromatic rings. The lowest BCUT2D eigenvalue weighted by molar-refractivity contribution is 0.109. The first-order valence-electron chi connectivity index (χ1n) is 8.75. The smallest absolute Gasteiger partial charge is 0.318 e. The maximum absolute atomic E-state index is 12.6. The van der Waals surface area contributed by atoms with E-state index in [4.69, 9.17) is 9.26 Å². The summed E-state index contributed by atoms with van der Waals surface area (Å²) in [7, 11) is 0. The van der Waals surface area contributed by atoms with Crippen LogP contribution in [0.5, 0.6) is 0 Å². The number of amides is 2. The van der Waals surface area contributed by atoms with Crippen LogP contribution in [0.15, 0.2) is 4.52 Å². The summed E-state index contributed by atoms with van der Waals surface area (Å²) in [6.45, 7) is 3.60. The van der Waals surface area contributed by atoms with Gasteiger partial charge in [0.05, 0.1) is 6.04 Å². The molecule has 0 bridgehead atoms. The number of hydrogen-bond acceptors (Lipinski definition) is 5. The molecule has 2 heterocycles. The molecule has 1 N–H and O–H groups in total. The fourth-order valence-electron chi connectivity index (χ4n) is 3.43. The Hall–Kier alpha value is -1.63. The fraction of sp³-hybridized carbons (Fsp3) is 0.812. The van der Waals surface area contributed by atoms with Crippen molar-refractivity contribution < 1.29 is 14.1 Å². The van der Waals surface area contributed by atoms with Crippen molar-refractivity contribution in [2.45, 2.75) is 70.6 Å². The lowest BCUT2D eigenvalue weighted by atomic mass is 9.96. The molecule has 128 valence electrons. The summed E-state index contributed by atoms with van der Waals surface area (Å²) < 4.78 is 10.5. The molecule has 1 aliphatic carbocycles. The Morgan fingerprint density at radius 3 is 2.91 bits per heavy atom. The van der Waals surface area contributed by atoms with Crippen molar-refractivity contribution >= 4 is 6.03 Å². The Kier molecular flexibility index (Phi) is 5.48. The summed E-state index contributed by atoms with van der Waals surface area (Å²) >= 11 is 0. The van der Waals surface area contributed by atoms with E-state index in [0.29, 0.717) is 31.0 Å². The molecule has 2 amide bonds. The number of nitrogens with one attached hydrogen (secondary N) is 1. The van der Waals surface area contributed by atoms with E-state index in [-0.39, 0.29) is 12.1 Å². The summed E-state index contributed by atoms with van der Waals surface area (Å²) in [5.74, 6) is 1.07. The largest absolute Gasteiger partial charge is 0.372 e. The SMILES string of the molecule is CCOCc1nc(C2CCCN2C(=O)NC2CCCCC2)no1. The predicted molar refractivity (Wildman–Crippen MR) is 83.7 cm³/mol. The van der Waals surface area contributed by atoms with E-state index in [9.17, 15) is 4.79 Å². The van der Waals surface area contributed by atoms with Crippen molar-refractivity contribution in [1.29, 1.82) is 0 Å². The molecule has 1 unspecified atom stereocenters. The summed E-state index contributed by atoms with van der Waals surface area (Å²) in [4.78, 5) is 18.8. The van der Waals surface area contributed by atoms with Gasteiger partial charge >= 0.3 is 6.03 Å². The number of likely N-dealkylation sites (tertiary alicyclic amines) is 1. The zero-order valence-electron chi connectivity index (χ0n) is 13.8. The van der Waals surface area contributed by atoms with Crippen molar-refractivity contribution in [2.24, 2.45) is 0 Å². The molecular weight excluding hydrogens is 296 g/mol. The van der Waals surface area contributed by atoms with E-state index in [1.54, 1.807) is 0 Å². The lowest BCUT2D eigenvalue weighted by Crippen LogP contribution is -2.45. The van der Waals surface area contributed by atoms with Crippen LogP contribution in [0.2, 0.25) is 0 Å². The molecule has 0 aromatic carbocycles. The minimum Gasteiger partial charge on any atom is -0.372 e. The number of nitrogens with zero attached hydrogens (tertiary/aromatic N) is 3. The van der Waals surface area contributed by atoms with E-state index in [1.165, 1.54) is 19.3 Å². The zero-order valence-corrected chi connectivity index (χ0v) is 13.8. The lowest BCUT2D eigenvalue weighted by Gasteiger charge is -2.28. The van der Waals surface area contributed by atoms with Gasteiger partial charge < -0.3 is 19.5 Å². The highest BCUT2D eigenvalue weighted by atomic mass is 16.5. The van der Waals surface area contributed by atoms with E-state index < -0.39 is 0 Å². The molecule has 0 spiro atoms. The number of urea groups is 1. The van der Waals surface area contributed by atoms with Gasteiger partial charge in [0.15, 0.2) is 5.82 Å². The molecule has 23 heavy (non-hydrogen) atoms. The first kappa shape index (κ1) is 16.2. The van der Waals surface area contributed by atoms with Crippen LogP contribution in [-0.4, -0.2) is 40.3 Å².